The second-order valence-corrected chi connectivity index (χ2v) is 8.60. The predicted octanol–water partition coefficient (Wildman–Crippen LogP) is 4.81. The van der Waals surface area contributed by atoms with Crippen molar-refractivity contribution in [3.8, 4) is 0 Å². The number of rotatable bonds is 9. The van der Waals surface area contributed by atoms with Crippen molar-refractivity contribution >= 4 is 10.1 Å². The van der Waals surface area contributed by atoms with Crippen LogP contribution in [0, 0.1) is 0 Å². The molecule has 25 heavy (non-hydrogen) atoms. The average Bonchev–Trinajstić information content (AvgIpc) is 2.49. The fourth-order valence-electron chi connectivity index (χ4n) is 3.13. The first-order valence-electron chi connectivity index (χ1n) is 9.37. The van der Waals surface area contributed by atoms with Gasteiger partial charge in [0.2, 0.25) is 0 Å². The molecule has 0 spiro atoms. The summed E-state index contributed by atoms with van der Waals surface area (Å²) in [6, 6.07) is 0. The molecule has 0 aromatic rings. The highest BCUT2D eigenvalue weighted by atomic mass is 32.2. The van der Waals surface area contributed by atoms with Gasteiger partial charge in [0.15, 0.2) is 10.1 Å². The van der Waals surface area contributed by atoms with E-state index in [0.29, 0.717) is 0 Å². The third-order valence-electron chi connectivity index (χ3n) is 4.73. The fraction of sp³-hybridized carbons (Fsp3) is 1.00. The van der Waals surface area contributed by atoms with Crippen molar-refractivity contribution in [3.63, 3.8) is 0 Å². The van der Waals surface area contributed by atoms with Crippen LogP contribution in [0.4, 0.5) is 13.2 Å². The lowest BCUT2D eigenvalue weighted by molar-refractivity contribution is -0.914. The molecule has 0 unspecified atom stereocenters. The Morgan fingerprint density at radius 3 is 1.68 bits per heavy atom. The Kier molecular flexibility index (Phi) is 12.0. The number of likely N-dealkylation sites (tertiary alicyclic amines) is 1. The van der Waals surface area contributed by atoms with Crippen molar-refractivity contribution in [2.24, 2.45) is 0 Å². The number of unbranched alkanes of at least 4 members (excludes halogenated alkanes) is 7. The van der Waals surface area contributed by atoms with Gasteiger partial charge in [-0.15, -0.1) is 0 Å². The van der Waals surface area contributed by atoms with Crippen molar-refractivity contribution in [1.82, 2.24) is 0 Å². The SMILES string of the molecule is CCCCCCCCCC[N+]1(C)CCCCC1.O=S(=O)([O-])C(F)(F)F. The van der Waals surface area contributed by atoms with Crippen LogP contribution in [0.3, 0.4) is 0 Å². The van der Waals surface area contributed by atoms with Crippen molar-refractivity contribution < 1.29 is 30.6 Å². The molecule has 4 nitrogen and oxygen atoms in total. The third-order valence-corrected chi connectivity index (χ3v) is 5.30. The molecule has 0 saturated carbocycles. The van der Waals surface area contributed by atoms with E-state index in [2.05, 4.69) is 14.0 Å². The van der Waals surface area contributed by atoms with Gasteiger partial charge in [0.1, 0.15) is 0 Å². The lowest BCUT2D eigenvalue weighted by atomic mass is 10.1. The zero-order valence-electron chi connectivity index (χ0n) is 15.6. The molecule has 0 N–H and O–H groups in total. The van der Waals surface area contributed by atoms with Gasteiger partial charge in [0.25, 0.3) is 0 Å². The van der Waals surface area contributed by atoms with Crippen LogP contribution < -0.4 is 0 Å². The maximum Gasteiger partial charge on any atom is 0.485 e. The molecule has 0 aromatic heterocycles. The first kappa shape index (κ1) is 24.7. The van der Waals surface area contributed by atoms with E-state index in [0.717, 1.165) is 0 Å². The maximum atomic E-state index is 10.7. The quantitative estimate of drug-likeness (QED) is 0.246. The molecule has 1 aliphatic rings. The van der Waals surface area contributed by atoms with Crippen LogP contribution in [-0.2, 0) is 10.1 Å². The van der Waals surface area contributed by atoms with Gasteiger partial charge in [-0.1, -0.05) is 45.4 Å². The van der Waals surface area contributed by atoms with Crippen LogP contribution in [0.1, 0.15) is 77.6 Å². The van der Waals surface area contributed by atoms with Crippen molar-refractivity contribution in [2.75, 3.05) is 26.7 Å². The first-order chi connectivity index (χ1) is 11.5. The highest BCUT2D eigenvalue weighted by Gasteiger charge is 2.36. The number of piperidine rings is 1. The van der Waals surface area contributed by atoms with Crippen molar-refractivity contribution in [2.45, 2.75) is 83.1 Å². The topological polar surface area (TPSA) is 57.2 Å². The highest BCUT2D eigenvalue weighted by Crippen LogP contribution is 2.20. The Hall–Kier alpha value is -0.340. The summed E-state index contributed by atoms with van der Waals surface area (Å²) in [4.78, 5) is 0. The van der Waals surface area contributed by atoms with Gasteiger partial charge in [-0.05, 0) is 32.1 Å². The fourth-order valence-corrected chi connectivity index (χ4v) is 3.13. The summed E-state index contributed by atoms with van der Waals surface area (Å²) >= 11 is 0. The molecule has 1 rings (SSSR count). The molecule has 0 amide bonds. The second kappa shape index (κ2) is 12.1. The Labute approximate surface area is 151 Å². The standard InChI is InChI=1S/C16H34N.CHF3O3S/c1-3-4-5-6-7-8-9-11-14-17(2)15-12-10-13-16-17;2-1(3,4)8(5,6)7/h3-16H2,1-2H3;(H,5,6,7)/q+1;/p-1. The Morgan fingerprint density at radius 1 is 0.880 bits per heavy atom. The number of quaternary nitrogens is 1. The van der Waals surface area contributed by atoms with E-state index < -0.39 is 15.6 Å². The van der Waals surface area contributed by atoms with Gasteiger partial charge >= 0.3 is 5.51 Å². The van der Waals surface area contributed by atoms with Crippen LogP contribution >= 0.6 is 0 Å². The first-order valence-corrected chi connectivity index (χ1v) is 10.8. The van der Waals surface area contributed by atoms with Gasteiger partial charge < -0.3 is 9.04 Å². The van der Waals surface area contributed by atoms with Crippen molar-refractivity contribution in [1.29, 1.82) is 0 Å². The molecule has 8 heteroatoms. The van der Waals surface area contributed by atoms with Gasteiger partial charge in [-0.25, -0.2) is 8.42 Å². The summed E-state index contributed by atoms with van der Waals surface area (Å²) in [7, 11) is -3.62. The lowest BCUT2D eigenvalue weighted by Crippen LogP contribution is -2.48. The summed E-state index contributed by atoms with van der Waals surface area (Å²) in [5.74, 6) is 0. The second-order valence-electron chi connectivity index (χ2n) is 7.23. The minimum absolute atomic E-state index is 1.37. The molecular formula is C17H34F3NO3S. The number of nitrogens with zero attached hydrogens (tertiary/aromatic N) is 1. The molecule has 0 bridgehead atoms. The summed E-state index contributed by atoms with van der Waals surface area (Å²) in [5.41, 5.74) is -5.65. The molecule has 1 aliphatic heterocycles. The Balaban J connectivity index is 0.000000609. The molecule has 1 fully saturated rings. The summed E-state index contributed by atoms with van der Waals surface area (Å²) in [5, 5.41) is 0. The minimum atomic E-state index is -6.09. The summed E-state index contributed by atoms with van der Waals surface area (Å²) in [6.07, 6.45) is 16.0. The molecule has 0 atom stereocenters. The van der Waals surface area contributed by atoms with E-state index in [4.69, 9.17) is 13.0 Å². The summed E-state index contributed by atoms with van der Waals surface area (Å²) in [6.45, 7) is 6.62. The Bertz CT molecular complexity index is 433. The van der Waals surface area contributed by atoms with Crippen LogP contribution in [0.25, 0.3) is 0 Å². The molecule has 1 saturated heterocycles. The highest BCUT2D eigenvalue weighted by molar-refractivity contribution is 7.86. The number of hydrogen-bond donors (Lipinski definition) is 0. The normalized spacial score (nSPS) is 17.7. The van der Waals surface area contributed by atoms with Crippen LogP contribution in [-0.4, -0.2) is 49.6 Å². The van der Waals surface area contributed by atoms with Crippen LogP contribution in [0.5, 0.6) is 0 Å². The lowest BCUT2D eigenvalue weighted by Gasteiger charge is -2.37. The zero-order chi connectivity index (χ0) is 19.4. The summed E-state index contributed by atoms with van der Waals surface area (Å²) < 4.78 is 60.3. The van der Waals surface area contributed by atoms with E-state index in [1.807, 2.05) is 0 Å². The van der Waals surface area contributed by atoms with Gasteiger partial charge in [0.05, 0.1) is 26.7 Å². The largest absolute Gasteiger partial charge is 0.741 e. The average molecular weight is 390 g/mol. The number of alkyl halides is 3. The van der Waals surface area contributed by atoms with Crippen molar-refractivity contribution in [3.05, 3.63) is 0 Å². The van der Waals surface area contributed by atoms with E-state index in [1.165, 1.54) is 94.7 Å². The molecular weight excluding hydrogens is 355 g/mol. The molecule has 0 aliphatic carbocycles. The molecule has 0 aromatic carbocycles. The van der Waals surface area contributed by atoms with E-state index in [9.17, 15) is 13.2 Å². The number of hydrogen-bond acceptors (Lipinski definition) is 3. The van der Waals surface area contributed by atoms with E-state index >= 15 is 0 Å². The predicted molar refractivity (Wildman–Crippen MR) is 93.0 cm³/mol. The monoisotopic (exact) mass is 389 g/mol. The van der Waals surface area contributed by atoms with Crippen LogP contribution in [0.2, 0.25) is 0 Å². The smallest absolute Gasteiger partial charge is 0.485 e. The van der Waals surface area contributed by atoms with E-state index in [-0.39, 0.29) is 0 Å². The maximum absolute atomic E-state index is 10.7. The Morgan fingerprint density at radius 2 is 1.28 bits per heavy atom. The molecule has 0 radical (unpaired) electrons. The molecule has 152 valence electrons. The zero-order valence-corrected chi connectivity index (χ0v) is 16.4. The van der Waals surface area contributed by atoms with Gasteiger partial charge in [0, 0.05) is 0 Å². The number of halogens is 3. The minimum Gasteiger partial charge on any atom is -0.741 e. The third kappa shape index (κ3) is 12.6. The van der Waals surface area contributed by atoms with E-state index in [1.54, 1.807) is 0 Å². The molecule has 1 heterocycles. The van der Waals surface area contributed by atoms with Crippen LogP contribution in [0.15, 0.2) is 0 Å². The van der Waals surface area contributed by atoms with Gasteiger partial charge in [-0.2, -0.15) is 13.2 Å². The van der Waals surface area contributed by atoms with Gasteiger partial charge in [-0.3, -0.25) is 0 Å².